The number of anilines is 1. The average Bonchev–Trinajstić information content (AvgIpc) is 2.48. The van der Waals surface area contributed by atoms with Gasteiger partial charge in [-0.05, 0) is 31.4 Å². The number of likely N-dealkylation sites (N-methyl/N-ethyl adjacent to an activating group) is 1. The van der Waals surface area contributed by atoms with Gasteiger partial charge in [-0.15, -0.1) is 0 Å². The maximum absolute atomic E-state index is 5.47. The molecule has 6 heteroatoms. The van der Waals surface area contributed by atoms with Crippen LogP contribution in [-0.2, 0) is 0 Å². The zero-order chi connectivity index (χ0) is 14.5. The molecular formula is C14H21N3O2S. The van der Waals surface area contributed by atoms with Gasteiger partial charge in [-0.25, -0.2) is 0 Å². The van der Waals surface area contributed by atoms with E-state index in [9.17, 15) is 0 Å². The van der Waals surface area contributed by atoms with E-state index >= 15 is 0 Å². The summed E-state index contributed by atoms with van der Waals surface area (Å²) in [6.07, 6.45) is 0. The van der Waals surface area contributed by atoms with Gasteiger partial charge in [0.2, 0.25) is 0 Å². The minimum Gasteiger partial charge on any atom is -0.497 e. The SMILES string of the molecule is COc1ccc(NC(=S)N2CCN(C)CC2)c(OC)c1. The predicted octanol–water partition coefficient (Wildman–Crippen LogP) is 1.65. The molecule has 1 aliphatic rings. The fourth-order valence-corrected chi connectivity index (χ4v) is 2.40. The third-order valence-electron chi connectivity index (χ3n) is 3.44. The summed E-state index contributed by atoms with van der Waals surface area (Å²) in [4.78, 5) is 4.48. The molecule has 0 atom stereocenters. The highest BCUT2D eigenvalue weighted by Gasteiger charge is 2.17. The first-order valence-corrected chi connectivity index (χ1v) is 7.01. The van der Waals surface area contributed by atoms with Crippen LogP contribution >= 0.6 is 12.2 Å². The Balaban J connectivity index is 2.03. The van der Waals surface area contributed by atoms with E-state index in [-0.39, 0.29) is 0 Å². The van der Waals surface area contributed by atoms with Crippen LogP contribution in [0.5, 0.6) is 11.5 Å². The molecule has 110 valence electrons. The second kappa shape index (κ2) is 6.76. The number of piperazine rings is 1. The lowest BCUT2D eigenvalue weighted by Gasteiger charge is -2.34. The van der Waals surface area contributed by atoms with Gasteiger partial charge >= 0.3 is 0 Å². The Morgan fingerprint density at radius 1 is 1.15 bits per heavy atom. The largest absolute Gasteiger partial charge is 0.497 e. The zero-order valence-corrected chi connectivity index (χ0v) is 13.0. The quantitative estimate of drug-likeness (QED) is 0.855. The number of thiocarbonyl (C=S) groups is 1. The van der Waals surface area contributed by atoms with E-state index in [1.54, 1.807) is 14.2 Å². The van der Waals surface area contributed by atoms with Gasteiger partial charge in [0.15, 0.2) is 5.11 Å². The van der Waals surface area contributed by atoms with E-state index in [0.29, 0.717) is 0 Å². The molecule has 0 saturated carbocycles. The number of hydrogen-bond acceptors (Lipinski definition) is 4. The molecule has 2 rings (SSSR count). The Labute approximate surface area is 125 Å². The van der Waals surface area contributed by atoms with Crippen LogP contribution in [0.1, 0.15) is 0 Å². The van der Waals surface area contributed by atoms with Crippen molar-refractivity contribution in [3.63, 3.8) is 0 Å². The van der Waals surface area contributed by atoms with Crippen molar-refractivity contribution in [2.45, 2.75) is 0 Å². The van der Waals surface area contributed by atoms with Crippen LogP contribution in [0.15, 0.2) is 18.2 Å². The molecule has 1 aromatic rings. The third kappa shape index (κ3) is 3.52. The maximum Gasteiger partial charge on any atom is 0.173 e. The Kier molecular flexibility index (Phi) is 5.03. The molecule has 1 aromatic carbocycles. The van der Waals surface area contributed by atoms with E-state index in [4.69, 9.17) is 21.7 Å². The average molecular weight is 295 g/mol. The maximum atomic E-state index is 5.47. The van der Waals surface area contributed by atoms with Gasteiger partial charge in [-0.2, -0.15) is 0 Å². The predicted molar refractivity (Wildman–Crippen MR) is 84.8 cm³/mol. The van der Waals surface area contributed by atoms with Gasteiger partial charge in [0, 0.05) is 32.2 Å². The minimum absolute atomic E-state index is 0.723. The van der Waals surface area contributed by atoms with E-state index < -0.39 is 0 Å². The summed E-state index contributed by atoms with van der Waals surface area (Å²) in [5.74, 6) is 1.48. The van der Waals surface area contributed by atoms with E-state index in [0.717, 1.165) is 48.5 Å². The lowest BCUT2D eigenvalue weighted by Crippen LogP contribution is -2.48. The molecule has 0 amide bonds. The van der Waals surface area contributed by atoms with Gasteiger partial charge < -0.3 is 24.6 Å². The number of rotatable bonds is 3. The Morgan fingerprint density at radius 3 is 2.45 bits per heavy atom. The van der Waals surface area contributed by atoms with Gasteiger partial charge in [0.25, 0.3) is 0 Å². The second-order valence-corrected chi connectivity index (χ2v) is 5.17. The number of ether oxygens (including phenoxy) is 2. The first-order valence-electron chi connectivity index (χ1n) is 6.60. The monoisotopic (exact) mass is 295 g/mol. The van der Waals surface area contributed by atoms with Crippen LogP contribution in [0, 0.1) is 0 Å². The Bertz CT molecular complexity index is 473. The van der Waals surface area contributed by atoms with E-state index in [1.165, 1.54) is 0 Å². The molecule has 1 fully saturated rings. The molecule has 1 N–H and O–H groups in total. The number of methoxy groups -OCH3 is 2. The molecule has 5 nitrogen and oxygen atoms in total. The molecule has 0 aromatic heterocycles. The number of nitrogens with zero attached hydrogens (tertiary/aromatic N) is 2. The van der Waals surface area contributed by atoms with Crippen LogP contribution in [0.3, 0.4) is 0 Å². The van der Waals surface area contributed by atoms with E-state index in [2.05, 4.69) is 22.2 Å². The van der Waals surface area contributed by atoms with Crippen LogP contribution in [0.25, 0.3) is 0 Å². The number of hydrogen-bond donors (Lipinski definition) is 1. The minimum atomic E-state index is 0.723. The molecule has 1 heterocycles. The van der Waals surface area contributed by atoms with Crippen LogP contribution < -0.4 is 14.8 Å². The van der Waals surface area contributed by atoms with Crippen molar-refractivity contribution >= 4 is 23.0 Å². The smallest absolute Gasteiger partial charge is 0.173 e. The van der Waals surface area contributed by atoms with Crippen LogP contribution in [-0.4, -0.2) is 62.4 Å². The first-order chi connectivity index (χ1) is 9.63. The highest BCUT2D eigenvalue weighted by atomic mass is 32.1. The lowest BCUT2D eigenvalue weighted by atomic mass is 10.2. The highest BCUT2D eigenvalue weighted by Crippen LogP contribution is 2.29. The summed E-state index contributed by atoms with van der Waals surface area (Å²) < 4.78 is 10.6. The second-order valence-electron chi connectivity index (χ2n) is 4.79. The Hall–Kier alpha value is -1.53. The normalized spacial score (nSPS) is 15.8. The van der Waals surface area contributed by atoms with Crippen molar-refractivity contribution in [1.29, 1.82) is 0 Å². The van der Waals surface area contributed by atoms with Crippen LogP contribution in [0.2, 0.25) is 0 Å². The van der Waals surface area contributed by atoms with Crippen molar-refractivity contribution in [2.24, 2.45) is 0 Å². The fourth-order valence-electron chi connectivity index (χ4n) is 2.11. The summed E-state index contributed by atoms with van der Waals surface area (Å²) in [5, 5.41) is 3.99. The molecule has 1 aliphatic heterocycles. The third-order valence-corrected chi connectivity index (χ3v) is 3.80. The van der Waals surface area contributed by atoms with Crippen molar-refractivity contribution in [3.8, 4) is 11.5 Å². The summed E-state index contributed by atoms with van der Waals surface area (Å²) >= 11 is 5.47. The van der Waals surface area contributed by atoms with Crippen molar-refractivity contribution in [1.82, 2.24) is 9.80 Å². The van der Waals surface area contributed by atoms with E-state index in [1.807, 2.05) is 18.2 Å². The topological polar surface area (TPSA) is 37.0 Å². The van der Waals surface area contributed by atoms with Crippen molar-refractivity contribution in [3.05, 3.63) is 18.2 Å². The first kappa shape index (κ1) is 14.9. The summed E-state index contributed by atoms with van der Waals surface area (Å²) in [6, 6.07) is 5.65. The number of benzene rings is 1. The molecule has 0 spiro atoms. The summed E-state index contributed by atoms with van der Waals surface area (Å²) in [6.45, 7) is 3.95. The molecule has 20 heavy (non-hydrogen) atoms. The van der Waals surface area contributed by atoms with Gasteiger partial charge in [0.05, 0.1) is 19.9 Å². The van der Waals surface area contributed by atoms with Gasteiger partial charge in [-0.3, -0.25) is 0 Å². The molecule has 0 unspecified atom stereocenters. The fraction of sp³-hybridized carbons (Fsp3) is 0.500. The highest BCUT2D eigenvalue weighted by molar-refractivity contribution is 7.80. The van der Waals surface area contributed by atoms with Crippen molar-refractivity contribution in [2.75, 3.05) is 52.8 Å². The zero-order valence-electron chi connectivity index (χ0n) is 12.2. The summed E-state index contributed by atoms with van der Waals surface area (Å²) in [7, 11) is 5.40. The Morgan fingerprint density at radius 2 is 1.85 bits per heavy atom. The number of nitrogens with one attached hydrogen (secondary N) is 1. The summed E-state index contributed by atoms with van der Waals surface area (Å²) in [5.41, 5.74) is 0.859. The van der Waals surface area contributed by atoms with Crippen molar-refractivity contribution < 1.29 is 9.47 Å². The standard InChI is InChI=1S/C14H21N3O2S/c1-16-6-8-17(9-7-16)14(20)15-12-5-4-11(18-2)10-13(12)19-3/h4-5,10H,6-9H2,1-3H3,(H,15,20). The molecule has 0 bridgehead atoms. The van der Waals surface area contributed by atoms with Gasteiger partial charge in [-0.1, -0.05) is 0 Å². The molecule has 1 saturated heterocycles. The molecule has 0 radical (unpaired) electrons. The van der Waals surface area contributed by atoms with Crippen LogP contribution in [0.4, 0.5) is 5.69 Å². The molecule has 0 aliphatic carbocycles. The molecular weight excluding hydrogens is 274 g/mol. The van der Waals surface area contributed by atoms with Gasteiger partial charge in [0.1, 0.15) is 11.5 Å². The lowest BCUT2D eigenvalue weighted by molar-refractivity contribution is 0.217.